The van der Waals surface area contributed by atoms with Crippen molar-refractivity contribution in [3.8, 4) is 0 Å². The first kappa shape index (κ1) is 19.3. The number of nitrogens with zero attached hydrogens (tertiary/aromatic N) is 1. The maximum atomic E-state index is 13.9. The lowest BCUT2D eigenvalue weighted by atomic mass is 9.90. The maximum Gasteiger partial charge on any atom is 0.332 e. The molecule has 28 heavy (non-hydrogen) atoms. The van der Waals surface area contributed by atoms with Gasteiger partial charge in [0, 0.05) is 18.6 Å². The van der Waals surface area contributed by atoms with E-state index in [-0.39, 0.29) is 0 Å². The number of ether oxygens (including phenoxy) is 2. The number of cyclic esters (lactones) is 1. The molecule has 5 atom stereocenters. The molecule has 0 radical (unpaired) electrons. The molecule has 0 aromatic heterocycles. The Labute approximate surface area is 166 Å². The molecule has 0 bridgehead atoms. The van der Waals surface area contributed by atoms with Crippen LogP contribution in [0, 0.1) is 6.92 Å². The van der Waals surface area contributed by atoms with E-state index in [1.54, 1.807) is 24.2 Å². The maximum absolute atomic E-state index is 13.9. The second-order valence-corrected chi connectivity index (χ2v) is 8.67. The molecule has 2 aliphatic heterocycles. The summed E-state index contributed by atoms with van der Waals surface area (Å²) in [6.45, 7) is 4.13. The summed E-state index contributed by atoms with van der Waals surface area (Å²) in [7, 11) is 0.0303. The van der Waals surface area contributed by atoms with Crippen molar-refractivity contribution in [2.45, 2.75) is 41.9 Å². The van der Waals surface area contributed by atoms with E-state index in [1.807, 2.05) is 56.3 Å². The average molecular weight is 401 g/mol. The zero-order valence-corrected chi connectivity index (χ0v) is 16.8. The highest BCUT2D eigenvalue weighted by Crippen LogP contribution is 2.53. The minimum atomic E-state index is -1.72. The number of aryl methyl sites for hydroxylation is 1. The van der Waals surface area contributed by atoms with Gasteiger partial charge in [0.25, 0.3) is 0 Å². The lowest BCUT2D eigenvalue weighted by molar-refractivity contribution is -0.225. The van der Waals surface area contributed by atoms with Gasteiger partial charge in [-0.15, -0.1) is 0 Å². The van der Waals surface area contributed by atoms with E-state index in [0.29, 0.717) is 11.5 Å². The van der Waals surface area contributed by atoms with Crippen molar-refractivity contribution in [1.82, 2.24) is 5.06 Å². The van der Waals surface area contributed by atoms with Gasteiger partial charge in [-0.2, -0.15) is 5.06 Å². The normalized spacial score (nSPS) is 30.8. The lowest BCUT2D eigenvalue weighted by Gasteiger charge is -2.30. The first-order chi connectivity index (χ1) is 13.5. The fourth-order valence-corrected chi connectivity index (χ4v) is 5.83. The average Bonchev–Trinajstić information content (AvgIpc) is 3.15. The summed E-state index contributed by atoms with van der Waals surface area (Å²) in [5.74, 6) is -0.562. The van der Waals surface area contributed by atoms with Gasteiger partial charge >= 0.3 is 5.97 Å². The summed E-state index contributed by atoms with van der Waals surface area (Å²) < 4.78 is 23.6. The quantitative estimate of drug-likeness (QED) is 0.718. The molecule has 2 heterocycles. The van der Waals surface area contributed by atoms with Gasteiger partial charge in [-0.05, 0) is 31.5 Å². The second kappa shape index (κ2) is 7.40. The van der Waals surface area contributed by atoms with Gasteiger partial charge in [-0.25, -0.2) is 0 Å². The summed E-state index contributed by atoms with van der Waals surface area (Å²) in [4.78, 5) is 19.9. The Morgan fingerprint density at radius 2 is 1.82 bits per heavy atom. The monoisotopic (exact) mass is 401 g/mol. The summed E-state index contributed by atoms with van der Waals surface area (Å²) in [5.41, 5.74) is 1.89. The topological polar surface area (TPSA) is 65.1 Å². The molecule has 6 nitrogen and oxygen atoms in total. The number of carbonyl (C=O) groups excluding carboxylic acids is 1. The summed E-state index contributed by atoms with van der Waals surface area (Å²) in [6, 6.07) is 16.3. The molecule has 0 unspecified atom stereocenters. The molecular formula is C21H23NO5S. The highest BCUT2D eigenvalue weighted by Gasteiger charge is 2.73. The van der Waals surface area contributed by atoms with Crippen molar-refractivity contribution in [1.29, 1.82) is 0 Å². The number of benzene rings is 2. The standard InChI is InChI=1S/C21H23NO5S/c1-4-25-19-18-21(20(23)26-19,28(24)16-12-10-14(2)11-13-16)17(22(3)27-18)15-8-6-5-7-9-15/h5-13,17-19H,4H2,1-3H3/t17-,18+,19-,21-,28-/m0/s1. The van der Waals surface area contributed by atoms with E-state index in [9.17, 15) is 9.00 Å². The number of esters is 1. The fraction of sp³-hybridized carbons (Fsp3) is 0.381. The van der Waals surface area contributed by atoms with Crippen LogP contribution in [0.5, 0.6) is 0 Å². The van der Waals surface area contributed by atoms with Gasteiger partial charge in [-0.3, -0.25) is 13.8 Å². The molecular weight excluding hydrogens is 378 g/mol. The number of fused-ring (bicyclic) bond motifs is 1. The molecule has 2 aromatic carbocycles. The largest absolute Gasteiger partial charge is 0.431 e. The van der Waals surface area contributed by atoms with Crippen molar-refractivity contribution >= 4 is 16.8 Å². The number of hydroxylamine groups is 2. The Balaban J connectivity index is 1.88. The van der Waals surface area contributed by atoms with Crippen molar-refractivity contribution in [3.63, 3.8) is 0 Å². The summed E-state index contributed by atoms with van der Waals surface area (Å²) >= 11 is 0. The van der Waals surface area contributed by atoms with Gasteiger partial charge < -0.3 is 9.47 Å². The molecule has 7 heteroatoms. The predicted octanol–water partition coefficient (Wildman–Crippen LogP) is 2.75. The Morgan fingerprint density at radius 1 is 1.14 bits per heavy atom. The third kappa shape index (κ3) is 2.81. The number of carbonyl (C=O) groups is 1. The molecule has 148 valence electrons. The zero-order valence-electron chi connectivity index (χ0n) is 16.0. The first-order valence-electron chi connectivity index (χ1n) is 9.26. The van der Waals surface area contributed by atoms with Gasteiger partial charge in [0.1, 0.15) is 0 Å². The fourth-order valence-electron chi connectivity index (χ4n) is 4.00. The van der Waals surface area contributed by atoms with E-state index in [0.717, 1.165) is 11.1 Å². The highest BCUT2D eigenvalue weighted by atomic mass is 32.2. The van der Waals surface area contributed by atoms with E-state index in [2.05, 4.69) is 0 Å². The van der Waals surface area contributed by atoms with Crippen molar-refractivity contribution < 1.29 is 23.3 Å². The number of rotatable bonds is 5. The van der Waals surface area contributed by atoms with Crippen LogP contribution < -0.4 is 0 Å². The molecule has 2 saturated heterocycles. The van der Waals surface area contributed by atoms with Gasteiger partial charge in [0.05, 0.1) is 16.8 Å². The van der Waals surface area contributed by atoms with Gasteiger partial charge in [0.2, 0.25) is 11.0 Å². The zero-order chi connectivity index (χ0) is 19.9. The lowest BCUT2D eigenvalue weighted by Crippen LogP contribution is -2.51. The minimum Gasteiger partial charge on any atom is -0.431 e. The minimum absolute atomic E-state index is 0.352. The Bertz CT molecular complexity index is 887. The number of hydrogen-bond donors (Lipinski definition) is 0. The Kier molecular flexibility index (Phi) is 5.09. The molecule has 0 N–H and O–H groups in total. The third-order valence-electron chi connectivity index (χ3n) is 5.25. The Morgan fingerprint density at radius 3 is 2.46 bits per heavy atom. The molecule has 0 spiro atoms. The van der Waals surface area contributed by atoms with E-state index < -0.39 is 40.0 Å². The van der Waals surface area contributed by atoms with Crippen LogP contribution in [0.15, 0.2) is 59.5 Å². The molecule has 4 rings (SSSR count). The van der Waals surface area contributed by atoms with Crippen LogP contribution in [0.4, 0.5) is 0 Å². The molecule has 2 aliphatic rings. The van der Waals surface area contributed by atoms with Crippen LogP contribution in [0.2, 0.25) is 0 Å². The van der Waals surface area contributed by atoms with E-state index in [4.69, 9.17) is 14.3 Å². The van der Waals surface area contributed by atoms with Gasteiger partial charge in [-0.1, -0.05) is 48.0 Å². The first-order valence-corrected chi connectivity index (χ1v) is 10.4. The Hall–Kier alpha value is -2.06. The molecule has 0 saturated carbocycles. The van der Waals surface area contributed by atoms with Crippen LogP contribution in [0.25, 0.3) is 0 Å². The van der Waals surface area contributed by atoms with Crippen molar-refractivity contribution in [2.75, 3.05) is 13.7 Å². The van der Waals surface area contributed by atoms with Crippen LogP contribution in [0.1, 0.15) is 24.1 Å². The number of hydrogen-bond acceptors (Lipinski definition) is 6. The van der Waals surface area contributed by atoms with Crippen molar-refractivity contribution in [2.24, 2.45) is 0 Å². The molecule has 2 fully saturated rings. The van der Waals surface area contributed by atoms with E-state index >= 15 is 0 Å². The summed E-state index contributed by atoms with van der Waals surface area (Å²) in [6.07, 6.45) is -1.71. The van der Waals surface area contributed by atoms with Crippen LogP contribution in [0.3, 0.4) is 0 Å². The van der Waals surface area contributed by atoms with Crippen LogP contribution in [-0.2, 0) is 29.9 Å². The van der Waals surface area contributed by atoms with Crippen LogP contribution >= 0.6 is 0 Å². The van der Waals surface area contributed by atoms with Crippen molar-refractivity contribution in [3.05, 3.63) is 65.7 Å². The summed E-state index contributed by atoms with van der Waals surface area (Å²) in [5, 5.41) is 1.61. The highest BCUT2D eigenvalue weighted by molar-refractivity contribution is 7.87. The van der Waals surface area contributed by atoms with E-state index in [1.165, 1.54) is 0 Å². The SMILES string of the molecule is CCO[C@H]1OC(=O)[C@@]2([S@@](=O)c3ccc(C)cc3)[C@@H]1ON(C)[C@H]2c1ccccc1. The van der Waals surface area contributed by atoms with Gasteiger partial charge in [0.15, 0.2) is 6.10 Å². The predicted molar refractivity (Wildman–Crippen MR) is 104 cm³/mol. The second-order valence-electron chi connectivity index (χ2n) is 6.99. The van der Waals surface area contributed by atoms with Crippen LogP contribution in [-0.4, -0.2) is 46.0 Å². The third-order valence-corrected chi connectivity index (χ3v) is 7.19. The smallest absolute Gasteiger partial charge is 0.332 e. The molecule has 2 aromatic rings. The molecule has 0 aliphatic carbocycles. The molecule has 0 amide bonds.